The van der Waals surface area contributed by atoms with Gasteiger partial charge in [0.2, 0.25) is 0 Å². The predicted molar refractivity (Wildman–Crippen MR) is 118 cm³/mol. The van der Waals surface area contributed by atoms with Crippen LogP contribution in [0.25, 0.3) is 0 Å². The minimum Gasteiger partial charge on any atom is -0.364 e. The molecule has 1 aliphatic heterocycles. The van der Waals surface area contributed by atoms with Gasteiger partial charge in [0.25, 0.3) is 0 Å². The normalized spacial score (nSPS) is 16.6. The van der Waals surface area contributed by atoms with Gasteiger partial charge < -0.3 is 14.7 Å². The lowest BCUT2D eigenvalue weighted by molar-refractivity contribution is 0.169. The molecule has 9 heteroatoms. The lowest BCUT2D eigenvalue weighted by Gasteiger charge is -2.36. The molecule has 0 bridgehead atoms. The van der Waals surface area contributed by atoms with E-state index < -0.39 is 10.8 Å². The van der Waals surface area contributed by atoms with Crippen LogP contribution in [0.5, 0.6) is 0 Å². The van der Waals surface area contributed by atoms with Gasteiger partial charge in [-0.05, 0) is 12.1 Å². The Bertz CT molecular complexity index is 719. The van der Waals surface area contributed by atoms with E-state index in [-0.39, 0.29) is 24.0 Å². The first kappa shape index (κ1) is 21.8. The average Bonchev–Trinajstić information content (AvgIpc) is 3.20. The summed E-state index contributed by atoms with van der Waals surface area (Å²) in [6.07, 6.45) is 1.61. The zero-order valence-electron chi connectivity index (χ0n) is 15.4. The van der Waals surface area contributed by atoms with Gasteiger partial charge in [0.05, 0.1) is 16.5 Å². The monoisotopic (exact) mass is 503 g/mol. The summed E-state index contributed by atoms with van der Waals surface area (Å²) >= 11 is 0. The van der Waals surface area contributed by atoms with Gasteiger partial charge in [-0.15, -0.1) is 24.0 Å². The molecule has 1 N–H and O–H groups in total. The Labute approximate surface area is 179 Å². The number of hydrogen-bond acceptors (Lipinski definition) is 5. The Morgan fingerprint density at radius 1 is 1.22 bits per heavy atom. The maximum atomic E-state index is 12.3. The van der Waals surface area contributed by atoms with E-state index in [0.717, 1.165) is 49.3 Å². The van der Waals surface area contributed by atoms with Crippen LogP contribution in [-0.2, 0) is 17.3 Å². The van der Waals surface area contributed by atoms with Crippen LogP contribution in [0.4, 0.5) is 0 Å². The highest BCUT2D eigenvalue weighted by Crippen LogP contribution is 2.08. The van der Waals surface area contributed by atoms with E-state index in [2.05, 4.69) is 25.3 Å². The van der Waals surface area contributed by atoms with E-state index in [9.17, 15) is 4.21 Å². The molecule has 3 rings (SSSR count). The molecule has 2 heterocycles. The van der Waals surface area contributed by atoms with Gasteiger partial charge in [0.1, 0.15) is 6.26 Å². The molecule has 0 spiro atoms. The summed E-state index contributed by atoms with van der Waals surface area (Å²) in [5, 5.41) is 7.30. The lowest BCUT2D eigenvalue weighted by atomic mass is 10.3. The van der Waals surface area contributed by atoms with Crippen LogP contribution in [0, 0.1) is 0 Å². The fourth-order valence-electron chi connectivity index (χ4n) is 2.94. The van der Waals surface area contributed by atoms with Crippen molar-refractivity contribution in [3.63, 3.8) is 0 Å². The number of halogens is 1. The van der Waals surface area contributed by atoms with Crippen LogP contribution in [0.1, 0.15) is 5.69 Å². The molecule has 0 radical (unpaired) electrons. The number of rotatable bonds is 6. The zero-order chi connectivity index (χ0) is 18.2. The van der Waals surface area contributed by atoms with Gasteiger partial charge in [0, 0.05) is 63.0 Å². The van der Waals surface area contributed by atoms with Crippen molar-refractivity contribution in [3.8, 4) is 0 Å². The van der Waals surface area contributed by atoms with Gasteiger partial charge >= 0.3 is 0 Å². The van der Waals surface area contributed by atoms with Crippen molar-refractivity contribution >= 4 is 40.7 Å². The summed E-state index contributed by atoms with van der Waals surface area (Å²) in [5.41, 5.74) is 0.962. The number of nitrogens with one attached hydrogen (secondary N) is 1. The van der Waals surface area contributed by atoms with E-state index in [1.165, 1.54) is 0 Å². The molecule has 27 heavy (non-hydrogen) atoms. The van der Waals surface area contributed by atoms with Crippen molar-refractivity contribution in [2.24, 2.45) is 4.99 Å². The minimum absolute atomic E-state index is 0. The Hall–Kier alpha value is -1.46. The molecule has 0 saturated carbocycles. The summed E-state index contributed by atoms with van der Waals surface area (Å²) in [7, 11) is 0.799. The minimum atomic E-state index is -0.991. The van der Waals surface area contributed by atoms with Gasteiger partial charge in [-0.2, -0.15) is 0 Å². The fourth-order valence-corrected chi connectivity index (χ4v) is 3.93. The summed E-state index contributed by atoms with van der Waals surface area (Å²) in [6.45, 7) is 5.14. The number of piperazine rings is 1. The van der Waals surface area contributed by atoms with E-state index in [0.29, 0.717) is 12.3 Å². The molecule has 1 fully saturated rings. The predicted octanol–water partition coefficient (Wildman–Crippen LogP) is 1.79. The second-order valence-corrected chi connectivity index (χ2v) is 7.66. The Balaban J connectivity index is 0.00000261. The Kier molecular flexibility index (Phi) is 9.22. The van der Waals surface area contributed by atoms with Crippen LogP contribution >= 0.6 is 24.0 Å². The molecule has 1 aromatic heterocycles. The summed E-state index contributed by atoms with van der Waals surface area (Å²) < 4.78 is 17.2. The van der Waals surface area contributed by atoms with Gasteiger partial charge in [-0.3, -0.25) is 14.1 Å². The molecule has 1 saturated heterocycles. The number of guanidine groups is 1. The molecule has 0 aliphatic carbocycles. The second kappa shape index (κ2) is 11.4. The SMILES string of the molecule is CN=C(NCCS(=O)c1ccccc1)N1CCN(Cc2ccon2)CC1.I. The first-order chi connectivity index (χ1) is 12.8. The smallest absolute Gasteiger partial charge is 0.193 e. The topological polar surface area (TPSA) is 74.0 Å². The third-order valence-electron chi connectivity index (χ3n) is 4.34. The van der Waals surface area contributed by atoms with Gasteiger partial charge in [0.15, 0.2) is 5.96 Å². The summed E-state index contributed by atoms with van der Waals surface area (Å²) in [5.74, 6) is 1.44. The van der Waals surface area contributed by atoms with Crippen molar-refractivity contribution in [1.29, 1.82) is 0 Å². The maximum Gasteiger partial charge on any atom is 0.193 e. The van der Waals surface area contributed by atoms with E-state index >= 15 is 0 Å². The Morgan fingerprint density at radius 3 is 2.59 bits per heavy atom. The summed E-state index contributed by atoms with van der Waals surface area (Å²) in [6, 6.07) is 11.5. The molecule has 0 amide bonds. The quantitative estimate of drug-likeness (QED) is 0.368. The number of aliphatic imine (C=N–C) groups is 1. The molecule has 1 aliphatic rings. The van der Waals surface area contributed by atoms with Crippen molar-refractivity contribution in [3.05, 3.63) is 48.4 Å². The molecule has 7 nitrogen and oxygen atoms in total. The third kappa shape index (κ3) is 6.58. The molecule has 148 valence electrons. The number of nitrogens with zero attached hydrogens (tertiary/aromatic N) is 4. The standard InChI is InChI=1S/C18H25N5O2S.HI/c1-19-18(20-8-14-26(24)17-5-3-2-4-6-17)23-11-9-22(10-12-23)15-16-7-13-25-21-16;/h2-7,13H,8-12,14-15H2,1H3,(H,19,20);1H. The van der Waals surface area contributed by atoms with Crippen molar-refractivity contribution in [2.45, 2.75) is 11.4 Å². The van der Waals surface area contributed by atoms with E-state index in [1.54, 1.807) is 13.3 Å². The second-order valence-electron chi connectivity index (χ2n) is 6.09. The van der Waals surface area contributed by atoms with Gasteiger partial charge in [-0.1, -0.05) is 23.4 Å². The van der Waals surface area contributed by atoms with Gasteiger partial charge in [-0.25, -0.2) is 0 Å². The molecule has 1 aromatic carbocycles. The molecule has 1 unspecified atom stereocenters. The van der Waals surface area contributed by atoms with E-state index in [1.807, 2.05) is 36.4 Å². The van der Waals surface area contributed by atoms with Crippen LogP contribution in [0.15, 0.2) is 57.1 Å². The Morgan fingerprint density at radius 2 is 1.96 bits per heavy atom. The van der Waals surface area contributed by atoms with Crippen LogP contribution in [-0.4, -0.2) is 70.6 Å². The molecular formula is C18H26IN5O2S. The van der Waals surface area contributed by atoms with Crippen molar-refractivity contribution in [1.82, 2.24) is 20.3 Å². The maximum absolute atomic E-state index is 12.3. The van der Waals surface area contributed by atoms with E-state index in [4.69, 9.17) is 4.52 Å². The largest absolute Gasteiger partial charge is 0.364 e. The zero-order valence-corrected chi connectivity index (χ0v) is 18.6. The number of hydrogen-bond donors (Lipinski definition) is 1. The van der Waals surface area contributed by atoms with Crippen LogP contribution < -0.4 is 5.32 Å². The average molecular weight is 503 g/mol. The molecule has 1 atom stereocenters. The van der Waals surface area contributed by atoms with Crippen molar-refractivity contribution < 1.29 is 8.73 Å². The third-order valence-corrected chi connectivity index (χ3v) is 5.71. The highest BCUT2D eigenvalue weighted by atomic mass is 127. The summed E-state index contributed by atoms with van der Waals surface area (Å²) in [4.78, 5) is 9.83. The highest BCUT2D eigenvalue weighted by molar-refractivity contribution is 14.0. The van der Waals surface area contributed by atoms with Crippen molar-refractivity contribution in [2.75, 3.05) is 45.5 Å². The first-order valence-corrected chi connectivity index (χ1v) is 10.1. The number of aromatic nitrogens is 1. The molecule has 2 aromatic rings. The highest BCUT2D eigenvalue weighted by Gasteiger charge is 2.20. The lowest BCUT2D eigenvalue weighted by Crippen LogP contribution is -2.52. The fraction of sp³-hybridized carbons (Fsp3) is 0.444. The first-order valence-electron chi connectivity index (χ1n) is 8.77. The van der Waals surface area contributed by atoms with Crippen LogP contribution in [0.2, 0.25) is 0 Å². The molecular weight excluding hydrogens is 477 g/mol. The number of benzene rings is 1. The van der Waals surface area contributed by atoms with Crippen LogP contribution in [0.3, 0.4) is 0 Å².